The fraction of sp³-hybridized carbons (Fsp3) is 1.00. The van der Waals surface area contributed by atoms with Crippen molar-refractivity contribution in [2.75, 3.05) is 33.7 Å². The summed E-state index contributed by atoms with van der Waals surface area (Å²) in [4.78, 5) is 0. The summed E-state index contributed by atoms with van der Waals surface area (Å²) in [5.74, 6) is 0. The lowest BCUT2D eigenvalue weighted by atomic mass is 10.4. The highest BCUT2D eigenvalue weighted by Gasteiger charge is 2.22. The minimum absolute atomic E-state index is 0.178. The smallest absolute Gasteiger partial charge is 0.116 e. The minimum Gasteiger partial charge on any atom is -0.271 e. The van der Waals surface area contributed by atoms with Crippen LogP contribution >= 0.6 is 8.37 Å². The molecule has 1 aliphatic rings. The summed E-state index contributed by atoms with van der Waals surface area (Å²) in [6.07, 6.45) is 1.30. The fourth-order valence-corrected chi connectivity index (χ4v) is 3.31. The van der Waals surface area contributed by atoms with Gasteiger partial charge in [0.2, 0.25) is 0 Å². The quantitative estimate of drug-likeness (QED) is 0.634. The first kappa shape index (κ1) is 9.40. The maximum atomic E-state index is 3.50. The van der Waals surface area contributed by atoms with E-state index in [0.29, 0.717) is 0 Å². The molecule has 0 aliphatic carbocycles. The second-order valence-corrected chi connectivity index (χ2v) is 5.18. The Kier molecular flexibility index (Phi) is 3.73. The van der Waals surface area contributed by atoms with Gasteiger partial charge in [0.15, 0.2) is 0 Å². The highest BCUT2D eigenvalue weighted by Crippen LogP contribution is 2.40. The topological polar surface area (TPSA) is 18.5 Å². The number of rotatable bonds is 2. The van der Waals surface area contributed by atoms with E-state index < -0.39 is 0 Å². The third-order valence-electron chi connectivity index (χ3n) is 1.91. The van der Waals surface area contributed by atoms with Crippen LogP contribution in [0.4, 0.5) is 0 Å². The highest BCUT2D eigenvalue weighted by molar-refractivity contribution is 7.50. The van der Waals surface area contributed by atoms with Crippen LogP contribution in [0.5, 0.6) is 0 Å². The van der Waals surface area contributed by atoms with Gasteiger partial charge in [-0.2, -0.15) is 0 Å². The van der Waals surface area contributed by atoms with Gasteiger partial charge in [0.25, 0.3) is 0 Å². The predicted octanol–water partition coefficient (Wildman–Crippen LogP) is 1.09. The Morgan fingerprint density at radius 3 is 2.27 bits per heavy atom. The molecule has 0 aromatic carbocycles. The van der Waals surface area contributed by atoms with Crippen LogP contribution in [-0.2, 0) is 0 Å². The number of hydrogen-bond donors (Lipinski definition) is 1. The Bertz CT molecular complexity index is 110. The van der Waals surface area contributed by atoms with Gasteiger partial charge in [0.05, 0.1) is 0 Å². The maximum Gasteiger partial charge on any atom is 0.116 e. The lowest BCUT2D eigenvalue weighted by Crippen LogP contribution is -2.37. The molecular weight excluding hydrogens is 157 g/mol. The second-order valence-electron chi connectivity index (χ2n) is 2.92. The van der Waals surface area contributed by atoms with Crippen molar-refractivity contribution in [2.45, 2.75) is 13.3 Å². The van der Waals surface area contributed by atoms with Gasteiger partial charge in [-0.3, -0.25) is 14.4 Å². The van der Waals surface area contributed by atoms with E-state index in [0.717, 1.165) is 6.54 Å². The second kappa shape index (κ2) is 4.36. The monoisotopic (exact) mass is 175 g/mol. The minimum atomic E-state index is -0.178. The van der Waals surface area contributed by atoms with Crippen molar-refractivity contribution in [3.63, 3.8) is 0 Å². The van der Waals surface area contributed by atoms with E-state index in [4.69, 9.17) is 0 Å². The number of hydrogen-bond acceptors (Lipinski definition) is 3. The molecule has 0 bridgehead atoms. The lowest BCUT2D eigenvalue weighted by molar-refractivity contribution is 0.376. The molecule has 1 rings (SSSR count). The number of nitrogens with one attached hydrogen (secondary N) is 1. The van der Waals surface area contributed by atoms with Crippen molar-refractivity contribution in [3.8, 4) is 0 Å². The Labute approximate surface area is 70.7 Å². The van der Waals surface area contributed by atoms with Crippen LogP contribution in [0, 0.1) is 0 Å². The maximum absolute atomic E-state index is 3.50. The normalized spacial score (nSPS) is 24.3. The highest BCUT2D eigenvalue weighted by atomic mass is 31.1. The van der Waals surface area contributed by atoms with E-state index in [1.807, 2.05) is 0 Å². The van der Waals surface area contributed by atoms with Crippen LogP contribution in [0.2, 0.25) is 0 Å². The van der Waals surface area contributed by atoms with Crippen LogP contribution in [0.3, 0.4) is 0 Å². The molecule has 1 N–H and O–H groups in total. The summed E-state index contributed by atoms with van der Waals surface area (Å²) in [7, 11) is 4.22. The third kappa shape index (κ3) is 2.38. The Hall–Kier alpha value is 0.310. The predicted molar refractivity (Wildman–Crippen MR) is 50.5 cm³/mol. The number of nitrogens with zero attached hydrogens (tertiary/aromatic N) is 2. The molecule has 11 heavy (non-hydrogen) atoms. The van der Waals surface area contributed by atoms with Crippen LogP contribution < -0.4 is 5.09 Å². The summed E-state index contributed by atoms with van der Waals surface area (Å²) in [5, 5.41) is 3.50. The summed E-state index contributed by atoms with van der Waals surface area (Å²) in [6.45, 7) is 5.71. The van der Waals surface area contributed by atoms with Gasteiger partial charge in [0.1, 0.15) is 8.37 Å². The van der Waals surface area contributed by atoms with Gasteiger partial charge in [-0.1, -0.05) is 6.92 Å². The van der Waals surface area contributed by atoms with Crippen molar-refractivity contribution >= 4 is 8.37 Å². The van der Waals surface area contributed by atoms with Crippen LogP contribution in [0.25, 0.3) is 0 Å². The standard InChI is InChI=1S/C7H18N3P/c1-4-8-11-9(2)6-5-7-10(11)3/h8H,4-7H2,1-3H3. The van der Waals surface area contributed by atoms with Gasteiger partial charge in [-0.25, -0.2) is 0 Å². The van der Waals surface area contributed by atoms with Gasteiger partial charge in [0, 0.05) is 13.1 Å². The molecular formula is C7H18N3P. The zero-order valence-electron chi connectivity index (χ0n) is 7.67. The molecule has 4 heteroatoms. The molecule has 1 fully saturated rings. The summed E-state index contributed by atoms with van der Waals surface area (Å²) in [5.41, 5.74) is 0. The van der Waals surface area contributed by atoms with Crippen LogP contribution in [0.1, 0.15) is 13.3 Å². The molecule has 0 saturated carbocycles. The van der Waals surface area contributed by atoms with Crippen molar-refractivity contribution in [1.82, 2.24) is 14.4 Å². The van der Waals surface area contributed by atoms with E-state index in [-0.39, 0.29) is 8.37 Å². The summed E-state index contributed by atoms with van der Waals surface area (Å²) >= 11 is 0. The molecule has 1 aliphatic heterocycles. The van der Waals surface area contributed by atoms with Crippen LogP contribution in [-0.4, -0.2) is 43.1 Å². The van der Waals surface area contributed by atoms with E-state index in [1.165, 1.54) is 19.5 Å². The SMILES string of the molecule is CCNP1N(C)CCCN1C. The molecule has 0 radical (unpaired) electrons. The van der Waals surface area contributed by atoms with E-state index in [9.17, 15) is 0 Å². The van der Waals surface area contributed by atoms with Gasteiger partial charge in [-0.05, 0) is 27.1 Å². The third-order valence-corrected chi connectivity index (χ3v) is 4.20. The molecule has 66 valence electrons. The van der Waals surface area contributed by atoms with Gasteiger partial charge >= 0.3 is 0 Å². The first-order chi connectivity index (χ1) is 5.25. The van der Waals surface area contributed by atoms with Crippen molar-refractivity contribution in [2.24, 2.45) is 0 Å². The fourth-order valence-electron chi connectivity index (χ4n) is 1.36. The first-order valence-electron chi connectivity index (χ1n) is 4.21. The molecule has 0 amide bonds. The lowest BCUT2D eigenvalue weighted by Gasteiger charge is -2.39. The first-order valence-corrected chi connectivity index (χ1v) is 5.46. The van der Waals surface area contributed by atoms with Crippen molar-refractivity contribution < 1.29 is 0 Å². The van der Waals surface area contributed by atoms with Gasteiger partial charge < -0.3 is 0 Å². The molecule has 1 heterocycles. The van der Waals surface area contributed by atoms with E-state index in [2.05, 4.69) is 35.4 Å². The molecule has 0 unspecified atom stereocenters. The largest absolute Gasteiger partial charge is 0.271 e. The summed E-state index contributed by atoms with van der Waals surface area (Å²) < 4.78 is 4.84. The molecule has 1 saturated heterocycles. The van der Waals surface area contributed by atoms with E-state index in [1.54, 1.807) is 0 Å². The Morgan fingerprint density at radius 2 is 1.82 bits per heavy atom. The zero-order valence-corrected chi connectivity index (χ0v) is 8.56. The molecule has 3 nitrogen and oxygen atoms in total. The Morgan fingerprint density at radius 1 is 1.27 bits per heavy atom. The Balaban J connectivity index is 2.41. The summed E-state index contributed by atoms with van der Waals surface area (Å²) in [6, 6.07) is 0. The van der Waals surface area contributed by atoms with E-state index >= 15 is 0 Å². The van der Waals surface area contributed by atoms with Crippen LogP contribution in [0.15, 0.2) is 0 Å². The zero-order chi connectivity index (χ0) is 8.27. The molecule has 0 atom stereocenters. The van der Waals surface area contributed by atoms with Crippen molar-refractivity contribution in [1.29, 1.82) is 0 Å². The molecule has 0 spiro atoms. The van der Waals surface area contributed by atoms with Gasteiger partial charge in [-0.15, -0.1) is 0 Å². The molecule has 0 aromatic heterocycles. The average molecular weight is 175 g/mol. The molecule has 0 aromatic rings. The van der Waals surface area contributed by atoms with Crippen molar-refractivity contribution in [3.05, 3.63) is 0 Å². The average Bonchev–Trinajstić information content (AvgIpc) is 1.97.